The van der Waals surface area contributed by atoms with Crippen LogP contribution in [0.1, 0.15) is 12.5 Å². The number of hydrogen-bond donors (Lipinski definition) is 2. The van der Waals surface area contributed by atoms with Crippen molar-refractivity contribution in [3.8, 4) is 5.75 Å². The van der Waals surface area contributed by atoms with E-state index in [-0.39, 0.29) is 4.90 Å². The molecular formula is C16H17N3O3S. The van der Waals surface area contributed by atoms with Crippen LogP contribution < -0.4 is 9.46 Å². The van der Waals surface area contributed by atoms with E-state index < -0.39 is 10.0 Å². The lowest BCUT2D eigenvalue weighted by molar-refractivity contribution is 0.409. The third-order valence-electron chi connectivity index (χ3n) is 3.64. The van der Waals surface area contributed by atoms with Gasteiger partial charge in [-0.15, -0.1) is 0 Å². The summed E-state index contributed by atoms with van der Waals surface area (Å²) < 4.78 is 33.0. The van der Waals surface area contributed by atoms with E-state index in [0.29, 0.717) is 17.9 Å². The number of fused-ring (bicyclic) bond motifs is 1. The Morgan fingerprint density at radius 1 is 1.22 bits per heavy atom. The first-order chi connectivity index (χ1) is 11.0. The maximum atomic E-state index is 12.6. The van der Waals surface area contributed by atoms with Gasteiger partial charge in [0.15, 0.2) is 0 Å². The molecule has 7 heteroatoms. The highest BCUT2D eigenvalue weighted by Gasteiger charge is 2.16. The molecule has 0 fully saturated rings. The molecule has 2 N–H and O–H groups in total. The SMILES string of the molecule is CCc1cc(S(=O)(=O)Nc2ccc3cn[nH]c3c2)ccc1OC. The van der Waals surface area contributed by atoms with E-state index in [9.17, 15) is 8.42 Å². The molecule has 0 aliphatic heterocycles. The van der Waals surface area contributed by atoms with Gasteiger partial charge in [0.25, 0.3) is 10.0 Å². The molecule has 6 nitrogen and oxygen atoms in total. The second-order valence-corrected chi connectivity index (χ2v) is 6.79. The van der Waals surface area contributed by atoms with Crippen molar-refractivity contribution in [3.05, 3.63) is 48.2 Å². The zero-order valence-corrected chi connectivity index (χ0v) is 13.6. The van der Waals surface area contributed by atoms with Crippen LogP contribution in [0.15, 0.2) is 47.5 Å². The molecule has 0 amide bonds. The van der Waals surface area contributed by atoms with Crippen LogP contribution in [0, 0.1) is 0 Å². The van der Waals surface area contributed by atoms with Crippen molar-refractivity contribution in [2.45, 2.75) is 18.2 Å². The Morgan fingerprint density at radius 3 is 2.78 bits per heavy atom. The van der Waals surface area contributed by atoms with E-state index in [2.05, 4.69) is 14.9 Å². The van der Waals surface area contributed by atoms with Crippen LogP contribution in [-0.2, 0) is 16.4 Å². The summed E-state index contributed by atoms with van der Waals surface area (Å²) in [6.45, 7) is 1.95. The summed E-state index contributed by atoms with van der Waals surface area (Å²) in [6, 6.07) is 10.1. The van der Waals surface area contributed by atoms with Crippen LogP contribution in [0.3, 0.4) is 0 Å². The Balaban J connectivity index is 1.94. The molecule has 120 valence electrons. The number of anilines is 1. The predicted octanol–water partition coefficient (Wildman–Crippen LogP) is 2.93. The Kier molecular flexibility index (Phi) is 3.96. The minimum absolute atomic E-state index is 0.208. The van der Waals surface area contributed by atoms with Gasteiger partial charge in [-0.1, -0.05) is 6.92 Å². The van der Waals surface area contributed by atoms with E-state index >= 15 is 0 Å². The Hall–Kier alpha value is -2.54. The zero-order valence-electron chi connectivity index (χ0n) is 12.8. The van der Waals surface area contributed by atoms with Gasteiger partial charge in [0, 0.05) is 5.39 Å². The average Bonchev–Trinajstić information content (AvgIpc) is 3.01. The molecule has 1 heterocycles. The van der Waals surface area contributed by atoms with Gasteiger partial charge >= 0.3 is 0 Å². The standard InChI is InChI=1S/C16H17N3O3S/c1-3-11-8-14(6-7-16(11)22-2)23(20,21)19-13-5-4-12-10-17-18-15(12)9-13/h4-10,19H,3H2,1-2H3,(H,17,18). The van der Waals surface area contributed by atoms with Crippen LogP contribution in [-0.4, -0.2) is 25.7 Å². The van der Waals surface area contributed by atoms with Gasteiger partial charge in [0.05, 0.1) is 29.4 Å². The minimum Gasteiger partial charge on any atom is -0.496 e. The Bertz CT molecular complexity index is 948. The second kappa shape index (κ2) is 5.92. The van der Waals surface area contributed by atoms with E-state index in [1.807, 2.05) is 13.0 Å². The Morgan fingerprint density at radius 2 is 2.04 bits per heavy atom. The smallest absolute Gasteiger partial charge is 0.261 e. The summed E-state index contributed by atoms with van der Waals surface area (Å²) in [5.41, 5.74) is 2.10. The number of methoxy groups -OCH3 is 1. The van der Waals surface area contributed by atoms with Crippen LogP contribution in [0.2, 0.25) is 0 Å². The zero-order chi connectivity index (χ0) is 16.4. The number of H-pyrrole nitrogens is 1. The van der Waals surface area contributed by atoms with E-state index in [0.717, 1.165) is 16.5 Å². The highest BCUT2D eigenvalue weighted by atomic mass is 32.2. The number of aromatic nitrogens is 2. The molecule has 0 spiro atoms. The second-order valence-electron chi connectivity index (χ2n) is 5.10. The minimum atomic E-state index is -3.66. The van der Waals surface area contributed by atoms with Gasteiger partial charge in [-0.3, -0.25) is 9.82 Å². The third-order valence-corrected chi connectivity index (χ3v) is 5.02. The molecular weight excluding hydrogens is 314 g/mol. The number of aromatic amines is 1. The van der Waals surface area contributed by atoms with Crippen molar-refractivity contribution in [2.75, 3.05) is 11.8 Å². The summed E-state index contributed by atoms with van der Waals surface area (Å²) in [6.07, 6.45) is 2.37. The topological polar surface area (TPSA) is 84.1 Å². The number of nitrogens with zero attached hydrogens (tertiary/aromatic N) is 1. The Labute approximate surface area is 134 Å². The summed E-state index contributed by atoms with van der Waals surface area (Å²) >= 11 is 0. The molecule has 23 heavy (non-hydrogen) atoms. The van der Waals surface area contributed by atoms with Crippen LogP contribution >= 0.6 is 0 Å². The van der Waals surface area contributed by atoms with Crippen LogP contribution in [0.5, 0.6) is 5.75 Å². The molecule has 0 aliphatic carbocycles. The van der Waals surface area contributed by atoms with Gasteiger partial charge < -0.3 is 4.74 Å². The van der Waals surface area contributed by atoms with Gasteiger partial charge in [-0.25, -0.2) is 8.42 Å². The lowest BCUT2D eigenvalue weighted by Crippen LogP contribution is -2.13. The van der Waals surface area contributed by atoms with Crippen molar-refractivity contribution in [1.29, 1.82) is 0 Å². The third kappa shape index (κ3) is 3.00. The largest absolute Gasteiger partial charge is 0.496 e. The van der Waals surface area contributed by atoms with Crippen molar-refractivity contribution >= 4 is 26.6 Å². The van der Waals surface area contributed by atoms with Crippen LogP contribution in [0.4, 0.5) is 5.69 Å². The maximum Gasteiger partial charge on any atom is 0.261 e. The highest BCUT2D eigenvalue weighted by Crippen LogP contribution is 2.25. The molecule has 0 radical (unpaired) electrons. The van der Waals surface area contributed by atoms with E-state index in [4.69, 9.17) is 4.74 Å². The van der Waals surface area contributed by atoms with E-state index in [1.54, 1.807) is 37.6 Å². The number of hydrogen-bond acceptors (Lipinski definition) is 4. The van der Waals surface area contributed by atoms with Crippen molar-refractivity contribution < 1.29 is 13.2 Å². The summed E-state index contributed by atoms with van der Waals surface area (Å²) in [7, 11) is -2.09. The quantitative estimate of drug-likeness (QED) is 0.753. The van der Waals surface area contributed by atoms with Crippen molar-refractivity contribution in [1.82, 2.24) is 10.2 Å². The average molecular weight is 331 g/mol. The molecule has 0 saturated heterocycles. The number of aryl methyl sites for hydroxylation is 1. The fourth-order valence-electron chi connectivity index (χ4n) is 2.41. The summed E-state index contributed by atoms with van der Waals surface area (Å²) in [5.74, 6) is 0.685. The summed E-state index contributed by atoms with van der Waals surface area (Å²) in [5, 5.41) is 7.66. The number of sulfonamides is 1. The molecule has 3 rings (SSSR count). The normalized spacial score (nSPS) is 11.6. The molecule has 0 saturated carbocycles. The molecule has 0 aliphatic rings. The first-order valence-corrected chi connectivity index (χ1v) is 8.64. The molecule has 0 unspecified atom stereocenters. The predicted molar refractivity (Wildman–Crippen MR) is 89.3 cm³/mol. The summed E-state index contributed by atoms with van der Waals surface area (Å²) in [4.78, 5) is 0.208. The monoisotopic (exact) mass is 331 g/mol. The van der Waals surface area contributed by atoms with Gasteiger partial charge in [-0.2, -0.15) is 5.10 Å². The van der Waals surface area contributed by atoms with E-state index in [1.165, 1.54) is 6.07 Å². The molecule has 0 bridgehead atoms. The van der Waals surface area contributed by atoms with Gasteiger partial charge in [0.2, 0.25) is 0 Å². The maximum absolute atomic E-state index is 12.6. The number of rotatable bonds is 5. The van der Waals surface area contributed by atoms with Gasteiger partial charge in [-0.05, 0) is 48.4 Å². The fourth-order valence-corrected chi connectivity index (χ4v) is 3.51. The number of nitrogens with one attached hydrogen (secondary N) is 2. The number of benzene rings is 2. The number of ether oxygens (including phenoxy) is 1. The fraction of sp³-hybridized carbons (Fsp3) is 0.188. The van der Waals surface area contributed by atoms with Gasteiger partial charge in [0.1, 0.15) is 5.75 Å². The highest BCUT2D eigenvalue weighted by molar-refractivity contribution is 7.92. The van der Waals surface area contributed by atoms with Crippen LogP contribution in [0.25, 0.3) is 10.9 Å². The lowest BCUT2D eigenvalue weighted by atomic mass is 10.1. The molecule has 2 aromatic carbocycles. The molecule has 0 atom stereocenters. The molecule has 1 aromatic heterocycles. The van der Waals surface area contributed by atoms with Crippen molar-refractivity contribution in [2.24, 2.45) is 0 Å². The van der Waals surface area contributed by atoms with Crippen molar-refractivity contribution in [3.63, 3.8) is 0 Å². The molecule has 3 aromatic rings. The lowest BCUT2D eigenvalue weighted by Gasteiger charge is -2.11. The first-order valence-electron chi connectivity index (χ1n) is 7.16. The first kappa shape index (κ1) is 15.4.